The Labute approximate surface area is 97.5 Å². The first-order valence-corrected chi connectivity index (χ1v) is 5.39. The van der Waals surface area contributed by atoms with Crippen molar-refractivity contribution in [3.05, 3.63) is 35.5 Å². The molecule has 0 amide bonds. The highest BCUT2D eigenvalue weighted by molar-refractivity contribution is 6.10. The molecule has 3 rings (SSSR count). The number of benzene rings is 1. The summed E-state index contributed by atoms with van der Waals surface area (Å²) in [6.07, 6.45) is 0. The van der Waals surface area contributed by atoms with Gasteiger partial charge in [0, 0.05) is 17.8 Å². The van der Waals surface area contributed by atoms with Crippen LogP contribution in [-0.2, 0) is 7.05 Å². The molecule has 1 aromatic carbocycles. The molecule has 2 aromatic heterocycles. The fourth-order valence-corrected chi connectivity index (χ4v) is 2.46. The molecule has 0 spiro atoms. The van der Waals surface area contributed by atoms with Crippen LogP contribution in [0.25, 0.3) is 21.9 Å². The van der Waals surface area contributed by atoms with Gasteiger partial charge in [-0.2, -0.15) is 0 Å². The highest BCUT2D eigenvalue weighted by Gasteiger charge is 2.15. The van der Waals surface area contributed by atoms with E-state index in [0.717, 1.165) is 21.9 Å². The SMILES string of the molecule is Cc1cccc2c3cc(C(=O)O)[nH]c3n(C)c12. The predicted molar refractivity (Wildman–Crippen MR) is 66.5 cm³/mol. The van der Waals surface area contributed by atoms with Crippen LogP contribution in [0.4, 0.5) is 0 Å². The summed E-state index contributed by atoms with van der Waals surface area (Å²) in [6, 6.07) is 7.76. The number of H-pyrrole nitrogens is 1. The van der Waals surface area contributed by atoms with Gasteiger partial charge in [0.05, 0.1) is 5.52 Å². The second kappa shape index (κ2) is 3.13. The Bertz CT molecular complexity index is 750. The molecule has 17 heavy (non-hydrogen) atoms. The number of aryl methyl sites for hydroxylation is 2. The third-order valence-corrected chi connectivity index (χ3v) is 3.23. The monoisotopic (exact) mass is 228 g/mol. The van der Waals surface area contributed by atoms with Crippen LogP contribution in [0.15, 0.2) is 24.3 Å². The molecule has 0 radical (unpaired) electrons. The number of para-hydroxylation sites is 1. The Morgan fingerprint density at radius 3 is 2.82 bits per heavy atom. The first kappa shape index (κ1) is 9.96. The first-order chi connectivity index (χ1) is 8.09. The largest absolute Gasteiger partial charge is 0.477 e. The fourth-order valence-electron chi connectivity index (χ4n) is 2.46. The molecule has 0 aliphatic rings. The van der Waals surface area contributed by atoms with Gasteiger partial charge in [0.1, 0.15) is 11.3 Å². The van der Waals surface area contributed by atoms with Crippen LogP contribution in [0.2, 0.25) is 0 Å². The molecule has 4 nitrogen and oxygen atoms in total. The number of hydrogen-bond acceptors (Lipinski definition) is 1. The van der Waals surface area contributed by atoms with E-state index in [1.165, 1.54) is 5.56 Å². The van der Waals surface area contributed by atoms with Crippen molar-refractivity contribution < 1.29 is 9.90 Å². The Hall–Kier alpha value is -2.23. The van der Waals surface area contributed by atoms with Crippen molar-refractivity contribution in [2.45, 2.75) is 6.92 Å². The van der Waals surface area contributed by atoms with Gasteiger partial charge in [-0.15, -0.1) is 0 Å². The summed E-state index contributed by atoms with van der Waals surface area (Å²) in [4.78, 5) is 13.9. The molecule has 0 saturated carbocycles. The quantitative estimate of drug-likeness (QED) is 0.672. The van der Waals surface area contributed by atoms with Crippen LogP contribution in [0.5, 0.6) is 0 Å². The molecule has 0 fully saturated rings. The molecule has 0 unspecified atom stereocenters. The third-order valence-electron chi connectivity index (χ3n) is 3.23. The molecule has 4 heteroatoms. The van der Waals surface area contributed by atoms with Gasteiger partial charge < -0.3 is 14.7 Å². The second-order valence-corrected chi connectivity index (χ2v) is 4.28. The Kier molecular flexibility index (Phi) is 1.84. The van der Waals surface area contributed by atoms with E-state index >= 15 is 0 Å². The number of aromatic amines is 1. The summed E-state index contributed by atoms with van der Waals surface area (Å²) in [5.41, 5.74) is 3.41. The lowest BCUT2D eigenvalue weighted by Crippen LogP contribution is -1.97. The van der Waals surface area contributed by atoms with Crippen LogP contribution < -0.4 is 0 Å². The number of rotatable bonds is 1. The van der Waals surface area contributed by atoms with Crippen LogP contribution in [-0.4, -0.2) is 20.6 Å². The number of aromatic nitrogens is 2. The van der Waals surface area contributed by atoms with Crippen molar-refractivity contribution in [3.63, 3.8) is 0 Å². The number of nitrogens with one attached hydrogen (secondary N) is 1. The molecule has 2 N–H and O–H groups in total. The molecule has 86 valence electrons. The number of nitrogens with zero attached hydrogens (tertiary/aromatic N) is 1. The van der Waals surface area contributed by atoms with E-state index in [1.54, 1.807) is 6.07 Å². The third kappa shape index (κ3) is 1.21. The van der Waals surface area contributed by atoms with Gasteiger partial charge in [-0.1, -0.05) is 18.2 Å². The summed E-state index contributed by atoms with van der Waals surface area (Å²) in [5, 5.41) is 11.0. The van der Waals surface area contributed by atoms with Crippen molar-refractivity contribution in [2.24, 2.45) is 7.05 Å². The summed E-state index contributed by atoms with van der Waals surface area (Å²) in [5.74, 6) is -0.929. The Morgan fingerprint density at radius 2 is 2.12 bits per heavy atom. The van der Waals surface area contributed by atoms with E-state index in [-0.39, 0.29) is 5.69 Å². The zero-order chi connectivity index (χ0) is 12.2. The van der Waals surface area contributed by atoms with Gasteiger partial charge in [-0.3, -0.25) is 0 Å². The fraction of sp³-hybridized carbons (Fsp3) is 0.154. The van der Waals surface area contributed by atoms with Gasteiger partial charge in [0.25, 0.3) is 0 Å². The van der Waals surface area contributed by atoms with Crippen molar-refractivity contribution >= 4 is 27.9 Å². The van der Waals surface area contributed by atoms with Crippen molar-refractivity contribution in [1.82, 2.24) is 9.55 Å². The zero-order valence-corrected chi connectivity index (χ0v) is 9.61. The summed E-state index contributed by atoms with van der Waals surface area (Å²) in [6.45, 7) is 2.05. The molecule has 3 aromatic rings. The van der Waals surface area contributed by atoms with Crippen LogP contribution in [0.3, 0.4) is 0 Å². The Balaban J connectivity index is 2.51. The summed E-state index contributed by atoms with van der Waals surface area (Å²) in [7, 11) is 1.94. The maximum atomic E-state index is 10.9. The van der Waals surface area contributed by atoms with Crippen LogP contribution >= 0.6 is 0 Å². The smallest absolute Gasteiger partial charge is 0.352 e. The van der Waals surface area contributed by atoms with E-state index in [4.69, 9.17) is 5.11 Å². The summed E-state index contributed by atoms with van der Waals surface area (Å²) >= 11 is 0. The Morgan fingerprint density at radius 1 is 1.35 bits per heavy atom. The molecule has 2 heterocycles. The standard InChI is InChI=1S/C13H12N2O2/c1-7-4-3-5-8-9-6-10(13(16)17)14-12(9)15(2)11(7)8/h3-6,14H,1-2H3,(H,16,17). The maximum Gasteiger partial charge on any atom is 0.352 e. The highest BCUT2D eigenvalue weighted by Crippen LogP contribution is 2.30. The van der Waals surface area contributed by atoms with Crippen LogP contribution in [0, 0.1) is 6.92 Å². The van der Waals surface area contributed by atoms with E-state index in [2.05, 4.69) is 18.0 Å². The normalized spacial score (nSPS) is 11.4. The number of carboxylic acids is 1. The molecule has 0 aliphatic heterocycles. The van der Waals surface area contributed by atoms with Crippen molar-refractivity contribution in [2.75, 3.05) is 0 Å². The molecule has 0 atom stereocenters. The molecule has 0 bridgehead atoms. The van der Waals surface area contributed by atoms with Gasteiger partial charge in [0.2, 0.25) is 0 Å². The first-order valence-electron chi connectivity index (χ1n) is 5.39. The number of carbonyl (C=O) groups is 1. The average molecular weight is 228 g/mol. The topological polar surface area (TPSA) is 58.0 Å². The van der Waals surface area contributed by atoms with E-state index in [9.17, 15) is 4.79 Å². The second-order valence-electron chi connectivity index (χ2n) is 4.28. The van der Waals surface area contributed by atoms with Crippen LogP contribution in [0.1, 0.15) is 16.1 Å². The minimum atomic E-state index is -0.929. The maximum absolute atomic E-state index is 10.9. The zero-order valence-electron chi connectivity index (χ0n) is 9.61. The number of aromatic carboxylic acids is 1. The number of fused-ring (bicyclic) bond motifs is 3. The minimum Gasteiger partial charge on any atom is -0.477 e. The summed E-state index contributed by atoms with van der Waals surface area (Å²) < 4.78 is 2.01. The lowest BCUT2D eigenvalue weighted by molar-refractivity contribution is 0.0691. The van der Waals surface area contributed by atoms with E-state index in [1.807, 2.05) is 23.7 Å². The molecule has 0 aliphatic carbocycles. The van der Waals surface area contributed by atoms with E-state index in [0.29, 0.717) is 0 Å². The van der Waals surface area contributed by atoms with E-state index < -0.39 is 5.97 Å². The average Bonchev–Trinajstić information content (AvgIpc) is 2.81. The van der Waals surface area contributed by atoms with Gasteiger partial charge >= 0.3 is 5.97 Å². The van der Waals surface area contributed by atoms with Crippen molar-refractivity contribution in [3.8, 4) is 0 Å². The van der Waals surface area contributed by atoms with Crippen molar-refractivity contribution in [1.29, 1.82) is 0 Å². The highest BCUT2D eigenvalue weighted by atomic mass is 16.4. The molecular formula is C13H12N2O2. The number of carboxylic acid groups (broad SMARTS) is 1. The van der Waals surface area contributed by atoms with Gasteiger partial charge in [0.15, 0.2) is 0 Å². The number of hydrogen-bond donors (Lipinski definition) is 2. The van der Waals surface area contributed by atoms with Gasteiger partial charge in [-0.05, 0) is 18.6 Å². The lowest BCUT2D eigenvalue weighted by atomic mass is 10.1. The minimum absolute atomic E-state index is 0.231. The van der Waals surface area contributed by atoms with Gasteiger partial charge in [-0.25, -0.2) is 4.79 Å². The molecule has 0 saturated heterocycles. The predicted octanol–water partition coefficient (Wildman–Crippen LogP) is 2.67. The lowest BCUT2D eigenvalue weighted by Gasteiger charge is -2.01. The molecular weight excluding hydrogens is 216 g/mol.